The van der Waals surface area contributed by atoms with Crippen LogP contribution in [0.4, 0.5) is 5.69 Å². The van der Waals surface area contributed by atoms with Crippen LogP contribution in [0.15, 0.2) is 30.3 Å². The molecule has 0 heterocycles. The molecule has 0 aliphatic heterocycles. The van der Waals surface area contributed by atoms with Crippen LogP contribution in [0.1, 0.15) is 19.8 Å². The maximum Gasteiger partial charge on any atom is 0.0363 e. The van der Waals surface area contributed by atoms with Crippen molar-refractivity contribution in [3.05, 3.63) is 30.3 Å². The van der Waals surface area contributed by atoms with Gasteiger partial charge in [-0.1, -0.05) is 31.5 Å². The van der Waals surface area contributed by atoms with Crippen molar-refractivity contribution in [2.75, 3.05) is 25.0 Å². The van der Waals surface area contributed by atoms with E-state index in [0.717, 1.165) is 13.1 Å². The first-order valence-electron chi connectivity index (χ1n) is 5.74. The van der Waals surface area contributed by atoms with Crippen LogP contribution in [0.25, 0.3) is 0 Å². The SMILES string of the molecule is CCCC(CN)CN(C)c1ccccc1. The van der Waals surface area contributed by atoms with Crippen LogP contribution in [0, 0.1) is 5.92 Å². The number of anilines is 1. The number of nitrogens with two attached hydrogens (primary N) is 1. The Labute approximate surface area is 93.1 Å². The normalized spacial score (nSPS) is 12.5. The molecule has 1 aromatic carbocycles. The summed E-state index contributed by atoms with van der Waals surface area (Å²) in [5.74, 6) is 0.611. The van der Waals surface area contributed by atoms with E-state index in [9.17, 15) is 0 Å². The van der Waals surface area contributed by atoms with Gasteiger partial charge in [0.25, 0.3) is 0 Å². The van der Waals surface area contributed by atoms with Crippen molar-refractivity contribution in [3.8, 4) is 0 Å². The van der Waals surface area contributed by atoms with Gasteiger partial charge in [0.15, 0.2) is 0 Å². The lowest BCUT2D eigenvalue weighted by Gasteiger charge is -2.24. The molecule has 2 N–H and O–H groups in total. The third kappa shape index (κ3) is 3.92. The van der Waals surface area contributed by atoms with E-state index in [1.54, 1.807) is 0 Å². The maximum absolute atomic E-state index is 5.76. The summed E-state index contributed by atoms with van der Waals surface area (Å²) in [6, 6.07) is 10.5. The minimum atomic E-state index is 0.611. The summed E-state index contributed by atoms with van der Waals surface area (Å²) >= 11 is 0. The van der Waals surface area contributed by atoms with Crippen molar-refractivity contribution in [1.82, 2.24) is 0 Å². The first kappa shape index (κ1) is 12.1. The predicted molar refractivity (Wildman–Crippen MR) is 67.2 cm³/mol. The van der Waals surface area contributed by atoms with E-state index in [0.29, 0.717) is 5.92 Å². The van der Waals surface area contributed by atoms with Gasteiger partial charge in [0.2, 0.25) is 0 Å². The molecule has 0 spiro atoms. The summed E-state index contributed by atoms with van der Waals surface area (Å²) in [6.45, 7) is 4.05. The molecule has 0 saturated carbocycles. The van der Waals surface area contributed by atoms with Crippen LogP contribution in [0.2, 0.25) is 0 Å². The summed E-state index contributed by atoms with van der Waals surface area (Å²) in [7, 11) is 2.13. The van der Waals surface area contributed by atoms with Crippen LogP contribution in [-0.2, 0) is 0 Å². The Morgan fingerprint density at radius 1 is 1.27 bits per heavy atom. The van der Waals surface area contributed by atoms with E-state index in [4.69, 9.17) is 5.73 Å². The summed E-state index contributed by atoms with van der Waals surface area (Å²) < 4.78 is 0. The molecule has 84 valence electrons. The molecule has 0 radical (unpaired) electrons. The van der Waals surface area contributed by atoms with Crippen molar-refractivity contribution in [2.24, 2.45) is 11.7 Å². The Balaban J connectivity index is 2.50. The molecule has 0 saturated heterocycles. The van der Waals surface area contributed by atoms with Gasteiger partial charge in [-0.05, 0) is 31.0 Å². The highest BCUT2D eigenvalue weighted by Gasteiger charge is 2.09. The maximum atomic E-state index is 5.76. The van der Waals surface area contributed by atoms with E-state index in [1.807, 2.05) is 6.07 Å². The lowest BCUT2D eigenvalue weighted by molar-refractivity contribution is 0.491. The van der Waals surface area contributed by atoms with E-state index in [1.165, 1.54) is 18.5 Å². The van der Waals surface area contributed by atoms with Gasteiger partial charge in [-0.25, -0.2) is 0 Å². The van der Waals surface area contributed by atoms with Gasteiger partial charge >= 0.3 is 0 Å². The molecule has 2 heteroatoms. The van der Waals surface area contributed by atoms with Gasteiger partial charge < -0.3 is 10.6 Å². The van der Waals surface area contributed by atoms with Gasteiger partial charge in [-0.3, -0.25) is 0 Å². The van der Waals surface area contributed by atoms with Crippen LogP contribution < -0.4 is 10.6 Å². The molecule has 0 fully saturated rings. The number of hydrogen-bond acceptors (Lipinski definition) is 2. The molecular formula is C13H22N2. The summed E-state index contributed by atoms with van der Waals surface area (Å²) in [4.78, 5) is 2.28. The lowest BCUT2D eigenvalue weighted by atomic mass is 10.0. The average Bonchev–Trinajstić information content (AvgIpc) is 2.29. The lowest BCUT2D eigenvalue weighted by Crippen LogP contribution is -2.29. The third-order valence-corrected chi connectivity index (χ3v) is 2.76. The van der Waals surface area contributed by atoms with Crippen LogP contribution in [-0.4, -0.2) is 20.1 Å². The molecule has 0 bridgehead atoms. The highest BCUT2D eigenvalue weighted by atomic mass is 15.1. The Morgan fingerprint density at radius 2 is 1.93 bits per heavy atom. The number of hydrogen-bond donors (Lipinski definition) is 1. The number of rotatable bonds is 6. The molecule has 2 nitrogen and oxygen atoms in total. The zero-order chi connectivity index (χ0) is 11.1. The first-order chi connectivity index (χ1) is 7.27. The van der Waals surface area contributed by atoms with Crippen molar-refractivity contribution in [3.63, 3.8) is 0 Å². The summed E-state index contributed by atoms with van der Waals surface area (Å²) in [5, 5.41) is 0. The summed E-state index contributed by atoms with van der Waals surface area (Å²) in [5.41, 5.74) is 7.03. The second kappa shape index (κ2) is 6.46. The Morgan fingerprint density at radius 3 is 2.47 bits per heavy atom. The minimum absolute atomic E-state index is 0.611. The van der Waals surface area contributed by atoms with Crippen molar-refractivity contribution in [1.29, 1.82) is 0 Å². The molecule has 1 rings (SSSR count). The predicted octanol–water partition coefficient (Wildman–Crippen LogP) is 2.50. The fourth-order valence-corrected chi connectivity index (χ4v) is 1.87. The number of nitrogens with zero attached hydrogens (tertiary/aromatic N) is 1. The molecular weight excluding hydrogens is 184 g/mol. The Kier molecular flexibility index (Phi) is 5.19. The van der Waals surface area contributed by atoms with E-state index >= 15 is 0 Å². The molecule has 0 aromatic heterocycles. The largest absolute Gasteiger partial charge is 0.374 e. The average molecular weight is 206 g/mol. The van der Waals surface area contributed by atoms with E-state index < -0.39 is 0 Å². The zero-order valence-corrected chi connectivity index (χ0v) is 9.82. The molecule has 0 aliphatic rings. The van der Waals surface area contributed by atoms with Crippen LogP contribution >= 0.6 is 0 Å². The van der Waals surface area contributed by atoms with Gasteiger partial charge in [0, 0.05) is 19.3 Å². The van der Waals surface area contributed by atoms with E-state index in [2.05, 4.69) is 43.1 Å². The Hall–Kier alpha value is -1.02. The van der Waals surface area contributed by atoms with Crippen molar-refractivity contribution >= 4 is 5.69 Å². The fourth-order valence-electron chi connectivity index (χ4n) is 1.87. The molecule has 1 atom stereocenters. The van der Waals surface area contributed by atoms with Gasteiger partial charge in [-0.15, -0.1) is 0 Å². The van der Waals surface area contributed by atoms with Gasteiger partial charge in [-0.2, -0.15) is 0 Å². The quantitative estimate of drug-likeness (QED) is 0.775. The Bertz CT molecular complexity index is 258. The monoisotopic (exact) mass is 206 g/mol. The van der Waals surface area contributed by atoms with E-state index in [-0.39, 0.29) is 0 Å². The molecule has 0 amide bonds. The first-order valence-corrected chi connectivity index (χ1v) is 5.74. The fraction of sp³-hybridized carbons (Fsp3) is 0.538. The van der Waals surface area contributed by atoms with Gasteiger partial charge in [0.05, 0.1) is 0 Å². The standard InChI is InChI=1S/C13H22N2/c1-3-7-12(10-14)11-15(2)13-8-5-4-6-9-13/h4-6,8-9,12H,3,7,10-11,14H2,1-2H3. The smallest absolute Gasteiger partial charge is 0.0363 e. The van der Waals surface area contributed by atoms with Crippen LogP contribution in [0.5, 0.6) is 0 Å². The zero-order valence-electron chi connectivity index (χ0n) is 9.82. The second-order valence-corrected chi connectivity index (χ2v) is 4.11. The third-order valence-electron chi connectivity index (χ3n) is 2.76. The minimum Gasteiger partial charge on any atom is -0.374 e. The molecule has 1 aromatic rings. The second-order valence-electron chi connectivity index (χ2n) is 4.11. The highest BCUT2D eigenvalue weighted by Crippen LogP contribution is 2.14. The molecule has 15 heavy (non-hydrogen) atoms. The topological polar surface area (TPSA) is 29.3 Å². The molecule has 1 unspecified atom stereocenters. The van der Waals surface area contributed by atoms with Crippen LogP contribution in [0.3, 0.4) is 0 Å². The van der Waals surface area contributed by atoms with Gasteiger partial charge in [0.1, 0.15) is 0 Å². The molecule has 0 aliphatic carbocycles. The number of benzene rings is 1. The number of para-hydroxylation sites is 1. The highest BCUT2D eigenvalue weighted by molar-refractivity contribution is 5.44. The van der Waals surface area contributed by atoms with Crippen molar-refractivity contribution < 1.29 is 0 Å². The summed E-state index contributed by atoms with van der Waals surface area (Å²) in [6.07, 6.45) is 2.43. The van der Waals surface area contributed by atoms with Crippen molar-refractivity contribution in [2.45, 2.75) is 19.8 Å².